The van der Waals surface area contributed by atoms with Gasteiger partial charge in [0.2, 0.25) is 0 Å². The summed E-state index contributed by atoms with van der Waals surface area (Å²) >= 11 is 1.81. The Morgan fingerprint density at radius 2 is 1.95 bits per heavy atom. The zero-order valence-electron chi connectivity index (χ0n) is 13.6. The molecule has 5 heteroatoms. The summed E-state index contributed by atoms with van der Waals surface area (Å²) in [6.07, 6.45) is 6.06. The molecule has 0 aliphatic carbocycles. The van der Waals surface area contributed by atoms with Crippen LogP contribution in [0.4, 0.5) is 5.82 Å². The molecule has 4 nitrogen and oxygen atoms in total. The van der Waals surface area contributed by atoms with Gasteiger partial charge in [0.25, 0.3) is 0 Å². The molecular formula is C17H22N4S. The quantitative estimate of drug-likeness (QED) is 0.866. The van der Waals surface area contributed by atoms with Crippen molar-refractivity contribution in [3.8, 4) is 0 Å². The van der Waals surface area contributed by atoms with E-state index < -0.39 is 0 Å². The molecule has 0 spiro atoms. The summed E-state index contributed by atoms with van der Waals surface area (Å²) in [6.45, 7) is 8.10. The van der Waals surface area contributed by atoms with Crippen molar-refractivity contribution in [2.75, 3.05) is 11.2 Å². The molecule has 0 amide bonds. The Kier molecular flexibility index (Phi) is 4.08. The second-order valence-electron chi connectivity index (χ2n) is 6.73. The lowest BCUT2D eigenvalue weighted by Gasteiger charge is -2.17. The van der Waals surface area contributed by atoms with E-state index in [0.717, 1.165) is 36.2 Å². The lowest BCUT2D eigenvalue weighted by atomic mass is 9.95. The molecule has 2 aromatic heterocycles. The number of anilines is 1. The normalized spacial score (nSPS) is 14.3. The molecule has 116 valence electrons. The largest absolute Gasteiger partial charge is 0.346 e. The van der Waals surface area contributed by atoms with Crippen molar-refractivity contribution in [2.45, 2.75) is 45.0 Å². The van der Waals surface area contributed by atoms with Crippen LogP contribution in [-0.4, -0.2) is 21.2 Å². The number of aromatic nitrogens is 3. The number of nitrogens with zero attached hydrogens (tertiary/aromatic N) is 4. The fraction of sp³-hybridized carbons (Fsp3) is 0.471. The van der Waals surface area contributed by atoms with Gasteiger partial charge in [-0.1, -0.05) is 26.8 Å². The highest BCUT2D eigenvalue weighted by Crippen LogP contribution is 2.27. The predicted octanol–water partition coefficient (Wildman–Crippen LogP) is 3.55. The summed E-state index contributed by atoms with van der Waals surface area (Å²) in [4.78, 5) is 16.1. The van der Waals surface area contributed by atoms with Gasteiger partial charge in [0.05, 0.1) is 12.2 Å². The summed E-state index contributed by atoms with van der Waals surface area (Å²) in [6, 6.07) is 4.27. The third-order valence-corrected chi connectivity index (χ3v) is 4.39. The maximum atomic E-state index is 4.76. The molecule has 22 heavy (non-hydrogen) atoms. The van der Waals surface area contributed by atoms with E-state index in [9.17, 15) is 0 Å². The van der Waals surface area contributed by atoms with Gasteiger partial charge in [0.15, 0.2) is 0 Å². The molecule has 1 aliphatic rings. The van der Waals surface area contributed by atoms with Crippen molar-refractivity contribution in [2.24, 2.45) is 0 Å². The van der Waals surface area contributed by atoms with Crippen LogP contribution in [0.25, 0.3) is 0 Å². The SMILES string of the molecule is CSCc1ccc(N2Cc3cnc(C(C)(C)C)nc3C2)nc1. The van der Waals surface area contributed by atoms with Gasteiger partial charge in [0.1, 0.15) is 11.6 Å². The Labute approximate surface area is 136 Å². The number of fused-ring (bicyclic) bond motifs is 1. The van der Waals surface area contributed by atoms with Gasteiger partial charge in [-0.05, 0) is 17.9 Å². The average Bonchev–Trinajstić information content (AvgIpc) is 2.90. The van der Waals surface area contributed by atoms with E-state index in [4.69, 9.17) is 4.98 Å². The molecule has 0 saturated heterocycles. The molecular weight excluding hydrogens is 292 g/mol. The molecule has 0 bridgehead atoms. The van der Waals surface area contributed by atoms with Crippen molar-refractivity contribution >= 4 is 17.6 Å². The molecule has 0 aromatic carbocycles. The van der Waals surface area contributed by atoms with E-state index in [0.29, 0.717) is 0 Å². The number of hydrogen-bond acceptors (Lipinski definition) is 5. The van der Waals surface area contributed by atoms with Gasteiger partial charge < -0.3 is 4.90 Å². The second-order valence-corrected chi connectivity index (χ2v) is 7.60. The topological polar surface area (TPSA) is 41.9 Å². The lowest BCUT2D eigenvalue weighted by Crippen LogP contribution is -2.17. The first kappa shape index (κ1) is 15.3. The van der Waals surface area contributed by atoms with Crippen LogP contribution in [0.5, 0.6) is 0 Å². The first-order valence-electron chi connectivity index (χ1n) is 7.51. The maximum Gasteiger partial charge on any atom is 0.133 e. The van der Waals surface area contributed by atoms with E-state index in [1.165, 1.54) is 11.1 Å². The van der Waals surface area contributed by atoms with E-state index in [2.05, 4.69) is 54.0 Å². The zero-order valence-corrected chi connectivity index (χ0v) is 14.4. The highest BCUT2D eigenvalue weighted by Gasteiger charge is 2.25. The molecule has 0 radical (unpaired) electrons. The maximum absolute atomic E-state index is 4.76. The van der Waals surface area contributed by atoms with Crippen molar-refractivity contribution in [1.82, 2.24) is 15.0 Å². The Morgan fingerprint density at radius 1 is 1.14 bits per heavy atom. The van der Waals surface area contributed by atoms with Crippen LogP contribution in [0.1, 0.15) is 43.4 Å². The molecule has 3 rings (SSSR count). The third kappa shape index (κ3) is 3.09. The van der Waals surface area contributed by atoms with Crippen LogP contribution >= 0.6 is 11.8 Å². The van der Waals surface area contributed by atoms with Crippen LogP contribution in [0.15, 0.2) is 24.5 Å². The Morgan fingerprint density at radius 3 is 2.59 bits per heavy atom. The van der Waals surface area contributed by atoms with E-state index >= 15 is 0 Å². The second kappa shape index (κ2) is 5.88. The first-order valence-corrected chi connectivity index (χ1v) is 8.91. The Balaban J connectivity index is 1.79. The number of thioether (sulfide) groups is 1. The fourth-order valence-electron chi connectivity index (χ4n) is 2.53. The molecule has 1 aliphatic heterocycles. The van der Waals surface area contributed by atoms with Gasteiger partial charge >= 0.3 is 0 Å². The highest BCUT2D eigenvalue weighted by atomic mass is 32.2. The molecule has 3 heterocycles. The molecule has 0 N–H and O–H groups in total. The Bertz CT molecular complexity index is 661. The minimum absolute atomic E-state index is 0.0137. The molecule has 0 fully saturated rings. The molecule has 2 aromatic rings. The van der Waals surface area contributed by atoms with Gasteiger partial charge in [-0.3, -0.25) is 0 Å². The van der Waals surface area contributed by atoms with Gasteiger partial charge in [0, 0.05) is 35.7 Å². The van der Waals surface area contributed by atoms with Crippen LogP contribution in [-0.2, 0) is 24.3 Å². The number of hydrogen-bond donors (Lipinski definition) is 0. The fourth-order valence-corrected chi connectivity index (χ4v) is 3.04. The predicted molar refractivity (Wildman–Crippen MR) is 92.1 cm³/mol. The summed E-state index contributed by atoms with van der Waals surface area (Å²) < 4.78 is 0. The summed E-state index contributed by atoms with van der Waals surface area (Å²) in [5.41, 5.74) is 3.60. The smallest absolute Gasteiger partial charge is 0.133 e. The van der Waals surface area contributed by atoms with Gasteiger partial charge in [-0.25, -0.2) is 15.0 Å². The van der Waals surface area contributed by atoms with Crippen molar-refractivity contribution < 1.29 is 0 Å². The summed E-state index contributed by atoms with van der Waals surface area (Å²) in [5.74, 6) is 2.94. The van der Waals surface area contributed by atoms with E-state index in [1.54, 1.807) is 0 Å². The zero-order chi connectivity index (χ0) is 15.7. The van der Waals surface area contributed by atoms with Crippen LogP contribution in [0.3, 0.4) is 0 Å². The van der Waals surface area contributed by atoms with Crippen LogP contribution < -0.4 is 4.90 Å². The van der Waals surface area contributed by atoms with Crippen molar-refractivity contribution in [3.05, 3.63) is 47.2 Å². The summed E-state index contributed by atoms with van der Waals surface area (Å²) in [7, 11) is 0. The average molecular weight is 314 g/mol. The van der Waals surface area contributed by atoms with Crippen LogP contribution in [0, 0.1) is 0 Å². The molecule has 0 atom stereocenters. The standard InChI is InChI=1S/C17H22N4S/c1-17(2,3)16-19-8-13-9-21(10-14(13)20-16)15-6-5-12(7-18-15)11-22-4/h5-8H,9-11H2,1-4H3. The monoisotopic (exact) mass is 314 g/mol. The van der Waals surface area contributed by atoms with Crippen molar-refractivity contribution in [1.29, 1.82) is 0 Å². The minimum atomic E-state index is -0.0137. The minimum Gasteiger partial charge on any atom is -0.346 e. The van der Waals surface area contributed by atoms with E-state index in [-0.39, 0.29) is 5.41 Å². The van der Waals surface area contributed by atoms with Gasteiger partial charge in [-0.2, -0.15) is 11.8 Å². The third-order valence-electron chi connectivity index (χ3n) is 3.77. The molecule has 0 unspecified atom stereocenters. The van der Waals surface area contributed by atoms with Crippen molar-refractivity contribution in [3.63, 3.8) is 0 Å². The first-order chi connectivity index (χ1) is 10.5. The number of rotatable bonds is 3. The molecule has 0 saturated carbocycles. The number of pyridine rings is 1. The van der Waals surface area contributed by atoms with Crippen LogP contribution in [0.2, 0.25) is 0 Å². The highest BCUT2D eigenvalue weighted by molar-refractivity contribution is 7.97. The Hall–Kier alpha value is -1.62. The summed E-state index contributed by atoms with van der Waals surface area (Å²) in [5, 5.41) is 0. The van der Waals surface area contributed by atoms with E-state index in [1.807, 2.05) is 24.2 Å². The lowest BCUT2D eigenvalue weighted by molar-refractivity contribution is 0.541. The van der Waals surface area contributed by atoms with Gasteiger partial charge in [-0.15, -0.1) is 0 Å².